The minimum atomic E-state index is -4.43. The third-order valence-electron chi connectivity index (χ3n) is 4.42. The van der Waals surface area contributed by atoms with Crippen LogP contribution >= 0.6 is 0 Å². The molecular formula is C22H23F3O3. The maximum absolute atomic E-state index is 13.1. The summed E-state index contributed by atoms with van der Waals surface area (Å²) < 4.78 is 50.8. The summed E-state index contributed by atoms with van der Waals surface area (Å²) in [5.74, 6) is -0.0702. The Balaban J connectivity index is 1.96. The van der Waals surface area contributed by atoms with Gasteiger partial charge in [0.05, 0.1) is 5.56 Å². The Morgan fingerprint density at radius 2 is 1.71 bits per heavy atom. The minimum absolute atomic E-state index is 0.377. The zero-order valence-electron chi connectivity index (χ0n) is 16.3. The normalized spacial score (nSPS) is 15.8. The SMILES string of the molecule is Cc1ccc(-c2cccc(C(F)(F)F)c2)c(OC2(C(=O)OC(C)(C)C)CC2)c1. The molecule has 1 aliphatic carbocycles. The van der Waals surface area contributed by atoms with Gasteiger partial charge in [-0.25, -0.2) is 4.79 Å². The number of aryl methyl sites for hydroxylation is 1. The average Bonchev–Trinajstić information content (AvgIpc) is 3.34. The van der Waals surface area contributed by atoms with Crippen molar-refractivity contribution in [1.29, 1.82) is 0 Å². The van der Waals surface area contributed by atoms with E-state index in [1.165, 1.54) is 6.07 Å². The first kappa shape index (κ1) is 20.2. The molecular weight excluding hydrogens is 369 g/mol. The largest absolute Gasteiger partial charge is 0.475 e. The van der Waals surface area contributed by atoms with Crippen LogP contribution in [0.2, 0.25) is 0 Å². The zero-order valence-corrected chi connectivity index (χ0v) is 16.3. The molecule has 3 rings (SSSR count). The highest BCUT2D eigenvalue weighted by atomic mass is 19.4. The van der Waals surface area contributed by atoms with Gasteiger partial charge in [-0.05, 0) is 57.0 Å². The number of rotatable bonds is 4. The molecule has 150 valence electrons. The number of benzene rings is 2. The molecule has 0 aromatic heterocycles. The third kappa shape index (κ3) is 4.49. The standard InChI is InChI=1S/C22H23F3O3/c1-14-8-9-17(15-6-5-7-16(13-15)22(23,24)25)18(12-14)27-21(10-11-21)19(26)28-20(2,3)4/h5-9,12-13H,10-11H2,1-4H3. The van der Waals surface area contributed by atoms with Crippen molar-refractivity contribution in [1.82, 2.24) is 0 Å². The van der Waals surface area contributed by atoms with Gasteiger partial charge in [0.2, 0.25) is 5.60 Å². The predicted molar refractivity (Wildman–Crippen MR) is 100 cm³/mol. The van der Waals surface area contributed by atoms with Crippen LogP contribution in [0.15, 0.2) is 42.5 Å². The lowest BCUT2D eigenvalue weighted by molar-refractivity contribution is -0.165. The molecule has 0 amide bonds. The molecule has 0 saturated heterocycles. The van der Waals surface area contributed by atoms with Crippen molar-refractivity contribution in [2.75, 3.05) is 0 Å². The van der Waals surface area contributed by atoms with Crippen LogP contribution in [0.25, 0.3) is 11.1 Å². The molecule has 0 bridgehead atoms. The maximum Gasteiger partial charge on any atom is 0.416 e. The fraction of sp³-hybridized carbons (Fsp3) is 0.409. The fourth-order valence-electron chi connectivity index (χ4n) is 2.86. The molecule has 0 aliphatic heterocycles. The smallest absolute Gasteiger partial charge is 0.416 e. The van der Waals surface area contributed by atoms with E-state index < -0.39 is 28.9 Å². The molecule has 0 unspecified atom stereocenters. The Bertz CT molecular complexity index is 891. The summed E-state index contributed by atoms with van der Waals surface area (Å²) in [5, 5.41) is 0. The first-order chi connectivity index (χ1) is 12.9. The minimum Gasteiger partial charge on any atom is -0.475 e. The van der Waals surface area contributed by atoms with Crippen LogP contribution in [0.5, 0.6) is 5.75 Å². The maximum atomic E-state index is 13.1. The van der Waals surface area contributed by atoms with Crippen molar-refractivity contribution >= 4 is 5.97 Å². The summed E-state index contributed by atoms with van der Waals surface area (Å²) in [7, 11) is 0. The molecule has 0 radical (unpaired) electrons. The predicted octanol–water partition coefficient (Wildman–Crippen LogP) is 5.93. The lowest BCUT2D eigenvalue weighted by Crippen LogP contribution is -2.37. The highest BCUT2D eigenvalue weighted by Gasteiger charge is 2.55. The van der Waals surface area contributed by atoms with Crippen molar-refractivity contribution in [3.05, 3.63) is 53.6 Å². The Kier molecular flexibility index (Phi) is 4.94. The van der Waals surface area contributed by atoms with Crippen LogP contribution in [0.3, 0.4) is 0 Å². The van der Waals surface area contributed by atoms with Gasteiger partial charge in [-0.3, -0.25) is 0 Å². The Morgan fingerprint density at radius 3 is 2.29 bits per heavy atom. The van der Waals surface area contributed by atoms with Gasteiger partial charge in [0.1, 0.15) is 11.4 Å². The van der Waals surface area contributed by atoms with E-state index in [2.05, 4.69) is 0 Å². The molecule has 0 atom stereocenters. The molecule has 0 N–H and O–H groups in total. The number of ether oxygens (including phenoxy) is 2. The van der Waals surface area contributed by atoms with E-state index in [1.54, 1.807) is 45.0 Å². The quantitative estimate of drug-likeness (QED) is 0.605. The second kappa shape index (κ2) is 6.83. The van der Waals surface area contributed by atoms with Crippen LogP contribution in [0.4, 0.5) is 13.2 Å². The van der Waals surface area contributed by atoms with Gasteiger partial charge in [0.15, 0.2) is 0 Å². The van der Waals surface area contributed by atoms with E-state index in [-0.39, 0.29) is 0 Å². The van der Waals surface area contributed by atoms with Crippen LogP contribution in [-0.4, -0.2) is 17.2 Å². The highest BCUT2D eigenvalue weighted by molar-refractivity contribution is 5.84. The zero-order chi connectivity index (χ0) is 20.7. The Morgan fingerprint density at radius 1 is 1.04 bits per heavy atom. The van der Waals surface area contributed by atoms with Gasteiger partial charge >= 0.3 is 12.1 Å². The first-order valence-electron chi connectivity index (χ1n) is 9.10. The second-order valence-electron chi connectivity index (χ2n) is 8.18. The Hall–Kier alpha value is -2.50. The van der Waals surface area contributed by atoms with Crippen LogP contribution in [-0.2, 0) is 15.7 Å². The summed E-state index contributed by atoms with van der Waals surface area (Å²) in [6, 6.07) is 10.3. The number of carbonyl (C=O) groups is 1. The summed E-state index contributed by atoms with van der Waals surface area (Å²) in [4.78, 5) is 12.6. The van der Waals surface area contributed by atoms with E-state index >= 15 is 0 Å². The highest BCUT2D eigenvalue weighted by Crippen LogP contribution is 2.45. The van der Waals surface area contributed by atoms with Crippen LogP contribution in [0.1, 0.15) is 44.7 Å². The molecule has 1 aliphatic rings. The second-order valence-corrected chi connectivity index (χ2v) is 8.18. The molecule has 3 nitrogen and oxygen atoms in total. The van der Waals surface area contributed by atoms with Crippen LogP contribution < -0.4 is 4.74 Å². The summed E-state index contributed by atoms with van der Waals surface area (Å²) >= 11 is 0. The van der Waals surface area contributed by atoms with Crippen LogP contribution in [0, 0.1) is 6.92 Å². The lowest BCUT2D eigenvalue weighted by atomic mass is 10.0. The van der Waals surface area contributed by atoms with Crippen molar-refractivity contribution in [2.45, 2.75) is 57.9 Å². The molecule has 28 heavy (non-hydrogen) atoms. The van der Waals surface area contributed by atoms with Gasteiger partial charge in [0.25, 0.3) is 0 Å². The van der Waals surface area contributed by atoms with Gasteiger partial charge < -0.3 is 9.47 Å². The van der Waals surface area contributed by atoms with Gasteiger partial charge in [0, 0.05) is 18.4 Å². The van der Waals surface area contributed by atoms with Crippen molar-refractivity contribution in [3.63, 3.8) is 0 Å². The number of halogens is 3. The molecule has 0 heterocycles. The number of hydrogen-bond donors (Lipinski definition) is 0. The number of hydrogen-bond acceptors (Lipinski definition) is 3. The summed E-state index contributed by atoms with van der Waals surface area (Å²) in [5.41, 5.74) is -0.684. The van der Waals surface area contributed by atoms with E-state index in [0.717, 1.165) is 17.7 Å². The first-order valence-corrected chi connectivity index (χ1v) is 9.10. The number of esters is 1. The molecule has 1 fully saturated rings. The number of carbonyl (C=O) groups excluding carboxylic acids is 1. The molecule has 2 aromatic carbocycles. The van der Waals surface area contributed by atoms with Gasteiger partial charge in [-0.15, -0.1) is 0 Å². The van der Waals surface area contributed by atoms with E-state index in [0.29, 0.717) is 29.7 Å². The van der Waals surface area contributed by atoms with E-state index in [4.69, 9.17) is 9.47 Å². The monoisotopic (exact) mass is 392 g/mol. The molecule has 2 aromatic rings. The van der Waals surface area contributed by atoms with Crippen molar-refractivity contribution in [2.24, 2.45) is 0 Å². The number of alkyl halides is 3. The third-order valence-corrected chi connectivity index (χ3v) is 4.42. The van der Waals surface area contributed by atoms with E-state index in [9.17, 15) is 18.0 Å². The topological polar surface area (TPSA) is 35.5 Å². The van der Waals surface area contributed by atoms with Crippen molar-refractivity contribution in [3.8, 4) is 16.9 Å². The fourth-order valence-corrected chi connectivity index (χ4v) is 2.86. The molecule has 6 heteroatoms. The van der Waals surface area contributed by atoms with Gasteiger partial charge in [-0.2, -0.15) is 13.2 Å². The van der Waals surface area contributed by atoms with Gasteiger partial charge in [-0.1, -0.05) is 24.3 Å². The molecule has 0 spiro atoms. The van der Waals surface area contributed by atoms with E-state index in [1.807, 2.05) is 6.92 Å². The summed E-state index contributed by atoms with van der Waals surface area (Å²) in [6.07, 6.45) is -3.41. The summed E-state index contributed by atoms with van der Waals surface area (Å²) in [6.45, 7) is 7.20. The average molecular weight is 392 g/mol. The lowest BCUT2D eigenvalue weighted by Gasteiger charge is -2.25. The van der Waals surface area contributed by atoms with Crippen molar-refractivity contribution < 1.29 is 27.4 Å². The molecule has 1 saturated carbocycles. The Labute approximate surface area is 162 Å².